The Balaban J connectivity index is 2.64. The Morgan fingerprint density at radius 2 is 2.11 bits per heavy atom. The SMILES string of the molecule is COC(=O)[C@H](CC(C)C)NC(=O)C1(C)CCNC1. The van der Waals surface area contributed by atoms with Crippen LogP contribution in [0.25, 0.3) is 0 Å². The fourth-order valence-corrected chi connectivity index (χ4v) is 2.17. The van der Waals surface area contributed by atoms with E-state index in [4.69, 9.17) is 4.74 Å². The molecule has 1 aliphatic heterocycles. The third-order valence-corrected chi connectivity index (χ3v) is 3.42. The van der Waals surface area contributed by atoms with Crippen molar-refractivity contribution in [2.24, 2.45) is 11.3 Å². The van der Waals surface area contributed by atoms with E-state index in [0.717, 1.165) is 13.0 Å². The second kappa shape index (κ2) is 6.18. The lowest BCUT2D eigenvalue weighted by Gasteiger charge is -2.25. The van der Waals surface area contributed by atoms with Crippen LogP contribution in [-0.2, 0) is 14.3 Å². The first-order valence-corrected chi connectivity index (χ1v) is 6.48. The Hall–Kier alpha value is -1.10. The molecule has 0 bridgehead atoms. The number of amides is 1. The monoisotopic (exact) mass is 256 g/mol. The van der Waals surface area contributed by atoms with E-state index in [-0.39, 0.29) is 11.9 Å². The minimum absolute atomic E-state index is 0.0662. The third kappa shape index (κ3) is 3.70. The number of hydrogen-bond donors (Lipinski definition) is 2. The van der Waals surface area contributed by atoms with Gasteiger partial charge in [-0.15, -0.1) is 0 Å². The minimum atomic E-state index is -0.542. The molecule has 0 aromatic rings. The van der Waals surface area contributed by atoms with E-state index in [1.807, 2.05) is 20.8 Å². The summed E-state index contributed by atoms with van der Waals surface area (Å²) in [6.45, 7) is 7.46. The average molecular weight is 256 g/mol. The number of carbonyl (C=O) groups excluding carboxylic acids is 2. The zero-order valence-electron chi connectivity index (χ0n) is 11.7. The standard InChI is InChI=1S/C13H24N2O3/c1-9(2)7-10(11(16)18-4)15-12(17)13(3)5-6-14-8-13/h9-10,14H,5-8H2,1-4H3,(H,15,17)/t10-,13?/m0/s1. The average Bonchev–Trinajstić information content (AvgIpc) is 2.75. The van der Waals surface area contributed by atoms with Crippen molar-refractivity contribution < 1.29 is 14.3 Å². The van der Waals surface area contributed by atoms with Gasteiger partial charge in [-0.25, -0.2) is 4.79 Å². The fourth-order valence-electron chi connectivity index (χ4n) is 2.17. The van der Waals surface area contributed by atoms with Crippen LogP contribution in [0.2, 0.25) is 0 Å². The van der Waals surface area contributed by atoms with E-state index in [0.29, 0.717) is 18.9 Å². The Morgan fingerprint density at radius 3 is 2.56 bits per heavy atom. The first-order valence-electron chi connectivity index (χ1n) is 6.48. The Labute approximate surface area is 109 Å². The van der Waals surface area contributed by atoms with Gasteiger partial charge in [0.05, 0.1) is 12.5 Å². The third-order valence-electron chi connectivity index (χ3n) is 3.42. The Bertz CT molecular complexity index is 309. The summed E-state index contributed by atoms with van der Waals surface area (Å²) in [4.78, 5) is 23.9. The van der Waals surface area contributed by atoms with Gasteiger partial charge in [-0.2, -0.15) is 0 Å². The van der Waals surface area contributed by atoms with E-state index in [1.165, 1.54) is 7.11 Å². The lowest BCUT2D eigenvalue weighted by Crippen LogP contribution is -2.49. The zero-order chi connectivity index (χ0) is 13.8. The van der Waals surface area contributed by atoms with Gasteiger partial charge in [0.25, 0.3) is 0 Å². The summed E-state index contributed by atoms with van der Waals surface area (Å²) < 4.78 is 4.74. The van der Waals surface area contributed by atoms with Gasteiger partial charge in [0.15, 0.2) is 0 Å². The van der Waals surface area contributed by atoms with Gasteiger partial charge in [-0.3, -0.25) is 4.79 Å². The Kier molecular flexibility index (Phi) is 5.14. The van der Waals surface area contributed by atoms with Gasteiger partial charge >= 0.3 is 5.97 Å². The molecule has 1 amide bonds. The summed E-state index contributed by atoms with van der Waals surface area (Å²) in [5.74, 6) is -0.112. The highest BCUT2D eigenvalue weighted by molar-refractivity contribution is 5.88. The first-order chi connectivity index (χ1) is 8.39. The maximum Gasteiger partial charge on any atom is 0.328 e. The molecule has 18 heavy (non-hydrogen) atoms. The van der Waals surface area contributed by atoms with Gasteiger partial charge in [0.1, 0.15) is 6.04 Å². The molecule has 0 aliphatic carbocycles. The second-order valence-corrected chi connectivity index (χ2v) is 5.67. The molecule has 5 nitrogen and oxygen atoms in total. The van der Waals surface area contributed by atoms with Crippen molar-refractivity contribution in [1.29, 1.82) is 0 Å². The lowest BCUT2D eigenvalue weighted by atomic mass is 9.88. The van der Waals surface area contributed by atoms with Crippen molar-refractivity contribution >= 4 is 11.9 Å². The summed E-state index contributed by atoms with van der Waals surface area (Å²) in [7, 11) is 1.35. The van der Waals surface area contributed by atoms with Crippen LogP contribution in [0.1, 0.15) is 33.6 Å². The van der Waals surface area contributed by atoms with Crippen LogP contribution < -0.4 is 10.6 Å². The predicted octanol–water partition coefficient (Wildman–Crippen LogP) is 0.690. The summed E-state index contributed by atoms with van der Waals surface area (Å²) >= 11 is 0. The van der Waals surface area contributed by atoms with Crippen LogP contribution in [0, 0.1) is 11.3 Å². The molecule has 2 N–H and O–H groups in total. The Morgan fingerprint density at radius 1 is 1.44 bits per heavy atom. The molecule has 1 unspecified atom stereocenters. The lowest BCUT2D eigenvalue weighted by molar-refractivity contribution is -0.146. The molecule has 1 heterocycles. The molecule has 1 saturated heterocycles. The van der Waals surface area contributed by atoms with Gasteiger partial charge < -0.3 is 15.4 Å². The summed E-state index contributed by atoms with van der Waals surface area (Å²) in [5, 5.41) is 6.00. The number of esters is 1. The second-order valence-electron chi connectivity index (χ2n) is 5.67. The molecule has 0 saturated carbocycles. The highest BCUT2D eigenvalue weighted by atomic mass is 16.5. The van der Waals surface area contributed by atoms with Crippen LogP contribution in [0.3, 0.4) is 0 Å². The van der Waals surface area contributed by atoms with Gasteiger partial charge in [-0.1, -0.05) is 13.8 Å². The summed E-state index contributed by atoms with van der Waals surface area (Å²) in [6.07, 6.45) is 1.40. The number of rotatable bonds is 5. The van der Waals surface area contributed by atoms with E-state index < -0.39 is 11.5 Å². The van der Waals surface area contributed by atoms with Crippen molar-refractivity contribution in [2.75, 3.05) is 20.2 Å². The highest BCUT2D eigenvalue weighted by Gasteiger charge is 2.38. The number of nitrogens with one attached hydrogen (secondary N) is 2. The summed E-state index contributed by atoms with van der Waals surface area (Å²) in [6, 6.07) is -0.542. The van der Waals surface area contributed by atoms with Crippen molar-refractivity contribution in [3.63, 3.8) is 0 Å². The highest BCUT2D eigenvalue weighted by Crippen LogP contribution is 2.25. The van der Waals surface area contributed by atoms with Crippen molar-refractivity contribution in [2.45, 2.75) is 39.7 Å². The molecular formula is C13H24N2O3. The molecule has 2 atom stereocenters. The largest absolute Gasteiger partial charge is 0.467 e. The summed E-state index contributed by atoms with van der Waals surface area (Å²) in [5.41, 5.74) is -0.413. The van der Waals surface area contributed by atoms with Gasteiger partial charge in [0.2, 0.25) is 5.91 Å². The van der Waals surface area contributed by atoms with Gasteiger partial charge in [-0.05, 0) is 32.2 Å². The molecule has 1 aliphatic rings. The zero-order valence-corrected chi connectivity index (χ0v) is 11.7. The van der Waals surface area contributed by atoms with Crippen LogP contribution in [-0.4, -0.2) is 38.1 Å². The molecule has 0 spiro atoms. The molecule has 0 aromatic carbocycles. The van der Waals surface area contributed by atoms with E-state index in [9.17, 15) is 9.59 Å². The molecule has 104 valence electrons. The molecule has 0 aromatic heterocycles. The van der Waals surface area contributed by atoms with E-state index in [1.54, 1.807) is 0 Å². The number of methoxy groups -OCH3 is 1. The predicted molar refractivity (Wildman–Crippen MR) is 69.0 cm³/mol. The molecule has 1 fully saturated rings. The number of carbonyl (C=O) groups is 2. The van der Waals surface area contributed by atoms with Crippen molar-refractivity contribution in [3.05, 3.63) is 0 Å². The maximum atomic E-state index is 12.2. The van der Waals surface area contributed by atoms with E-state index in [2.05, 4.69) is 10.6 Å². The normalized spacial score (nSPS) is 24.9. The van der Waals surface area contributed by atoms with Crippen molar-refractivity contribution in [1.82, 2.24) is 10.6 Å². The van der Waals surface area contributed by atoms with Crippen molar-refractivity contribution in [3.8, 4) is 0 Å². The first kappa shape index (κ1) is 15.0. The molecule has 0 radical (unpaired) electrons. The number of ether oxygens (including phenoxy) is 1. The van der Waals surface area contributed by atoms with Crippen LogP contribution in [0.4, 0.5) is 0 Å². The molecular weight excluding hydrogens is 232 g/mol. The fraction of sp³-hybridized carbons (Fsp3) is 0.846. The quantitative estimate of drug-likeness (QED) is 0.710. The number of hydrogen-bond acceptors (Lipinski definition) is 4. The smallest absolute Gasteiger partial charge is 0.328 e. The van der Waals surface area contributed by atoms with E-state index >= 15 is 0 Å². The molecule has 1 rings (SSSR count). The maximum absolute atomic E-state index is 12.2. The minimum Gasteiger partial charge on any atom is -0.467 e. The topological polar surface area (TPSA) is 67.4 Å². The van der Waals surface area contributed by atoms with Gasteiger partial charge in [0, 0.05) is 6.54 Å². The molecule has 5 heteroatoms. The van der Waals surface area contributed by atoms with Crippen LogP contribution in [0.5, 0.6) is 0 Å². The van der Waals surface area contributed by atoms with Crippen LogP contribution in [0.15, 0.2) is 0 Å². The van der Waals surface area contributed by atoms with Crippen LogP contribution >= 0.6 is 0 Å².